The fourth-order valence-corrected chi connectivity index (χ4v) is 5.19. The van der Waals surface area contributed by atoms with Gasteiger partial charge in [0.15, 0.2) is 0 Å². The summed E-state index contributed by atoms with van der Waals surface area (Å²) in [5.74, 6) is -2.05. The van der Waals surface area contributed by atoms with Gasteiger partial charge in [-0.25, -0.2) is 17.2 Å². The van der Waals surface area contributed by atoms with E-state index in [1.54, 1.807) is 18.2 Å². The van der Waals surface area contributed by atoms with Gasteiger partial charge in [0.05, 0.1) is 18.5 Å². The molecule has 0 spiro atoms. The fraction of sp³-hybridized carbons (Fsp3) is 0.273. The van der Waals surface area contributed by atoms with Crippen molar-refractivity contribution in [3.8, 4) is 0 Å². The minimum Gasteiger partial charge on any atom is -0.467 e. The molecule has 0 aliphatic carbocycles. The number of benzene rings is 1. The number of sulfonamides is 1. The first kappa shape index (κ1) is 22.1. The highest BCUT2D eigenvalue weighted by Crippen LogP contribution is 2.29. The van der Waals surface area contributed by atoms with Crippen molar-refractivity contribution in [1.82, 2.24) is 9.29 Å². The molecule has 1 fully saturated rings. The first-order valence-corrected chi connectivity index (χ1v) is 11.5. The van der Waals surface area contributed by atoms with E-state index in [0.29, 0.717) is 5.76 Å². The normalized spacial score (nSPS) is 15.6. The third-order valence-electron chi connectivity index (χ3n) is 5.44. The summed E-state index contributed by atoms with van der Waals surface area (Å²) in [4.78, 5) is 18.5. The highest BCUT2D eigenvalue weighted by Gasteiger charge is 2.35. The van der Waals surface area contributed by atoms with Crippen LogP contribution in [0.15, 0.2) is 70.4 Å². The Bertz CT molecular complexity index is 1180. The van der Waals surface area contributed by atoms with Crippen LogP contribution in [0.5, 0.6) is 0 Å². The van der Waals surface area contributed by atoms with Crippen molar-refractivity contribution < 1.29 is 26.4 Å². The summed E-state index contributed by atoms with van der Waals surface area (Å²) >= 11 is 0. The van der Waals surface area contributed by atoms with E-state index >= 15 is 0 Å². The van der Waals surface area contributed by atoms with Gasteiger partial charge in [0.2, 0.25) is 15.9 Å². The van der Waals surface area contributed by atoms with Crippen LogP contribution in [0.25, 0.3) is 0 Å². The van der Waals surface area contributed by atoms with Gasteiger partial charge < -0.3 is 9.32 Å². The predicted molar refractivity (Wildman–Crippen MR) is 112 cm³/mol. The molecule has 3 heterocycles. The second-order valence-corrected chi connectivity index (χ2v) is 9.40. The molecule has 1 saturated heterocycles. The molecule has 1 amide bonds. The summed E-state index contributed by atoms with van der Waals surface area (Å²) in [6.45, 7) is 0.269. The zero-order valence-corrected chi connectivity index (χ0v) is 17.8. The van der Waals surface area contributed by atoms with E-state index in [1.807, 2.05) is 0 Å². The van der Waals surface area contributed by atoms with Crippen LogP contribution in [-0.2, 0) is 21.4 Å². The molecule has 1 aliphatic heterocycles. The quantitative estimate of drug-likeness (QED) is 0.560. The summed E-state index contributed by atoms with van der Waals surface area (Å²) in [5, 5.41) is 0. The van der Waals surface area contributed by atoms with Crippen LogP contribution < -0.4 is 4.90 Å². The number of carbonyl (C=O) groups is 1. The lowest BCUT2D eigenvalue weighted by atomic mass is 9.96. The van der Waals surface area contributed by atoms with Gasteiger partial charge >= 0.3 is 0 Å². The Hall–Kier alpha value is -3.11. The minimum atomic E-state index is -3.71. The Morgan fingerprint density at radius 3 is 2.56 bits per heavy atom. The zero-order chi connectivity index (χ0) is 22.7. The molecule has 168 valence electrons. The summed E-state index contributed by atoms with van der Waals surface area (Å²) in [7, 11) is -3.71. The fourth-order valence-electron chi connectivity index (χ4n) is 3.75. The minimum absolute atomic E-state index is 0.0252. The number of hydrogen-bond acceptors (Lipinski definition) is 5. The number of halogens is 2. The van der Waals surface area contributed by atoms with Gasteiger partial charge in [0, 0.05) is 37.5 Å². The predicted octanol–water partition coefficient (Wildman–Crippen LogP) is 3.59. The number of hydrogen-bond donors (Lipinski definition) is 0. The van der Waals surface area contributed by atoms with Gasteiger partial charge in [-0.05, 0) is 49.2 Å². The van der Waals surface area contributed by atoms with Crippen LogP contribution in [0.3, 0.4) is 0 Å². The average molecular weight is 461 g/mol. The maximum absolute atomic E-state index is 14.5. The third kappa shape index (κ3) is 4.56. The van der Waals surface area contributed by atoms with Crippen LogP contribution in [0.4, 0.5) is 14.5 Å². The van der Waals surface area contributed by atoms with E-state index in [0.717, 1.165) is 12.1 Å². The number of piperidine rings is 1. The maximum atomic E-state index is 14.5. The summed E-state index contributed by atoms with van der Waals surface area (Å²) < 4.78 is 60.2. The second kappa shape index (κ2) is 9.17. The highest BCUT2D eigenvalue weighted by molar-refractivity contribution is 7.89. The molecular formula is C22H21F2N3O4S. The van der Waals surface area contributed by atoms with Crippen molar-refractivity contribution in [2.75, 3.05) is 18.0 Å². The molecule has 10 heteroatoms. The molecule has 0 N–H and O–H groups in total. The van der Waals surface area contributed by atoms with E-state index in [9.17, 15) is 22.0 Å². The van der Waals surface area contributed by atoms with Crippen molar-refractivity contribution in [3.63, 3.8) is 0 Å². The van der Waals surface area contributed by atoms with E-state index in [4.69, 9.17) is 4.42 Å². The van der Waals surface area contributed by atoms with Gasteiger partial charge in [-0.15, -0.1) is 0 Å². The summed E-state index contributed by atoms with van der Waals surface area (Å²) in [6.07, 6.45) is 4.77. The monoisotopic (exact) mass is 461 g/mol. The number of nitrogens with zero attached hydrogens (tertiary/aromatic N) is 3. The van der Waals surface area contributed by atoms with Crippen molar-refractivity contribution in [1.29, 1.82) is 0 Å². The third-order valence-corrected chi connectivity index (χ3v) is 7.32. The molecule has 0 atom stereocenters. The van der Waals surface area contributed by atoms with Gasteiger partial charge in [-0.3, -0.25) is 9.78 Å². The number of rotatable bonds is 6. The Labute approximate surface area is 184 Å². The van der Waals surface area contributed by atoms with E-state index in [-0.39, 0.29) is 49.0 Å². The molecule has 4 rings (SSSR count). The first-order valence-electron chi connectivity index (χ1n) is 10.1. The highest BCUT2D eigenvalue weighted by atomic mass is 32.2. The number of carbonyl (C=O) groups excluding carboxylic acids is 1. The summed E-state index contributed by atoms with van der Waals surface area (Å²) in [6, 6.07) is 9.36. The first-order chi connectivity index (χ1) is 15.4. The van der Waals surface area contributed by atoms with Crippen LogP contribution >= 0.6 is 0 Å². The molecule has 0 unspecified atom stereocenters. The van der Waals surface area contributed by atoms with E-state index in [1.165, 1.54) is 40.0 Å². The Balaban J connectivity index is 1.52. The molecule has 7 nitrogen and oxygen atoms in total. The van der Waals surface area contributed by atoms with Crippen LogP contribution in [-0.4, -0.2) is 36.7 Å². The van der Waals surface area contributed by atoms with Gasteiger partial charge in [0.1, 0.15) is 22.3 Å². The molecule has 0 saturated carbocycles. The molecule has 1 aliphatic rings. The number of anilines is 1. The van der Waals surface area contributed by atoms with E-state index < -0.39 is 27.6 Å². The smallest absolute Gasteiger partial charge is 0.244 e. The zero-order valence-electron chi connectivity index (χ0n) is 17.0. The number of furan rings is 1. The molecule has 32 heavy (non-hydrogen) atoms. The molecular weight excluding hydrogens is 440 g/mol. The van der Waals surface area contributed by atoms with Crippen LogP contribution in [0.1, 0.15) is 18.6 Å². The number of aromatic nitrogens is 1. The number of pyridine rings is 1. The molecule has 2 aromatic heterocycles. The van der Waals surface area contributed by atoms with Crippen molar-refractivity contribution in [3.05, 3.63) is 78.5 Å². The lowest BCUT2D eigenvalue weighted by Crippen LogP contribution is -2.44. The van der Waals surface area contributed by atoms with Gasteiger partial charge in [-0.1, -0.05) is 0 Å². The molecule has 0 bridgehead atoms. The lowest BCUT2D eigenvalue weighted by molar-refractivity contribution is -0.123. The Morgan fingerprint density at radius 1 is 1.16 bits per heavy atom. The second-order valence-electron chi connectivity index (χ2n) is 7.47. The molecule has 1 aromatic carbocycles. The van der Waals surface area contributed by atoms with Crippen LogP contribution in [0.2, 0.25) is 0 Å². The van der Waals surface area contributed by atoms with Gasteiger partial charge in [0.25, 0.3) is 0 Å². The van der Waals surface area contributed by atoms with Crippen molar-refractivity contribution >= 4 is 21.6 Å². The average Bonchev–Trinajstić information content (AvgIpc) is 3.31. The Morgan fingerprint density at radius 2 is 1.94 bits per heavy atom. The SMILES string of the molecule is O=C(C1CCN(S(=O)(=O)c2cccnc2)CC1)N(Cc1ccco1)c1ccc(F)cc1F. The van der Waals surface area contributed by atoms with Crippen LogP contribution in [0, 0.1) is 17.6 Å². The standard InChI is InChI=1S/C22H21F2N3O4S/c23-17-5-6-21(20(24)13-17)27(15-18-3-2-12-31-18)22(28)16-7-10-26(11-8-16)32(29,30)19-4-1-9-25-14-19/h1-6,9,12-14,16H,7-8,10-11,15H2. The number of amides is 1. The maximum Gasteiger partial charge on any atom is 0.244 e. The molecule has 0 radical (unpaired) electrons. The van der Waals surface area contributed by atoms with E-state index in [2.05, 4.69) is 4.98 Å². The Kier molecular flexibility index (Phi) is 6.33. The largest absolute Gasteiger partial charge is 0.467 e. The molecule has 3 aromatic rings. The summed E-state index contributed by atoms with van der Waals surface area (Å²) in [5.41, 5.74) is -0.0572. The van der Waals surface area contributed by atoms with Crippen molar-refractivity contribution in [2.45, 2.75) is 24.3 Å². The topological polar surface area (TPSA) is 83.7 Å². The van der Waals surface area contributed by atoms with Gasteiger partial charge in [-0.2, -0.15) is 4.31 Å². The van der Waals surface area contributed by atoms with Crippen molar-refractivity contribution in [2.24, 2.45) is 5.92 Å². The lowest BCUT2D eigenvalue weighted by Gasteiger charge is -2.33.